The van der Waals surface area contributed by atoms with E-state index in [1.165, 1.54) is 34.3 Å². The van der Waals surface area contributed by atoms with Crippen molar-refractivity contribution in [2.45, 2.75) is 26.2 Å². The maximum atomic E-state index is 2.47. The van der Waals surface area contributed by atoms with E-state index in [1.54, 1.807) is 0 Å². The van der Waals surface area contributed by atoms with Crippen LogP contribution in [0.1, 0.15) is 37.4 Å². The number of allylic oxidation sites excluding steroid dienone is 1. The van der Waals surface area contributed by atoms with E-state index >= 15 is 0 Å². The van der Waals surface area contributed by atoms with Gasteiger partial charge < -0.3 is 4.57 Å². The van der Waals surface area contributed by atoms with Gasteiger partial charge in [-0.1, -0.05) is 62.4 Å². The molecule has 0 spiro atoms. The average Bonchev–Trinajstić information content (AvgIpc) is 3.32. The molecule has 1 fully saturated rings. The number of nitrogens with zero attached hydrogens (tertiary/aromatic N) is 1. The van der Waals surface area contributed by atoms with Gasteiger partial charge in [0.25, 0.3) is 0 Å². The Balaban J connectivity index is 0.000000602. The van der Waals surface area contributed by atoms with Crippen LogP contribution in [0.2, 0.25) is 0 Å². The van der Waals surface area contributed by atoms with Crippen molar-refractivity contribution < 1.29 is 0 Å². The minimum absolute atomic E-state index is 0.725. The second-order valence-electron chi connectivity index (χ2n) is 5.85. The molecule has 1 saturated carbocycles. The lowest BCUT2D eigenvalue weighted by atomic mass is 10.0. The Labute approximate surface area is 131 Å². The molecule has 0 amide bonds. The highest BCUT2D eigenvalue weighted by Gasteiger charge is 2.42. The molecule has 0 N–H and O–H groups in total. The Kier molecular flexibility index (Phi) is 3.15. The molecule has 1 heterocycles. The molecule has 0 radical (unpaired) electrons. The van der Waals surface area contributed by atoms with Crippen LogP contribution in [0, 0.1) is 5.92 Å². The van der Waals surface area contributed by atoms with E-state index in [4.69, 9.17) is 0 Å². The van der Waals surface area contributed by atoms with Crippen LogP contribution in [0.15, 0.2) is 60.7 Å². The zero-order valence-electron chi connectivity index (χ0n) is 13.2. The lowest BCUT2D eigenvalue weighted by Crippen LogP contribution is -2.01. The number of aromatic nitrogens is 1. The van der Waals surface area contributed by atoms with E-state index in [9.17, 15) is 0 Å². The Morgan fingerprint density at radius 1 is 0.909 bits per heavy atom. The molecule has 1 heteroatoms. The zero-order chi connectivity index (χ0) is 15.1. The normalized spacial score (nSPS) is 20.8. The lowest BCUT2D eigenvalue weighted by Gasteiger charge is -2.13. The molecule has 0 saturated heterocycles. The fourth-order valence-corrected chi connectivity index (χ4v) is 3.64. The van der Waals surface area contributed by atoms with E-state index < -0.39 is 0 Å². The number of hydrogen-bond acceptors (Lipinski definition) is 0. The maximum absolute atomic E-state index is 2.47. The number of rotatable bonds is 1. The van der Waals surface area contributed by atoms with Crippen LogP contribution in [0.25, 0.3) is 22.7 Å². The fourth-order valence-electron chi connectivity index (χ4n) is 3.64. The Hall–Kier alpha value is -2.28. The largest absolute Gasteiger partial charge is 0.313 e. The first kappa shape index (κ1) is 13.4. The van der Waals surface area contributed by atoms with Gasteiger partial charge in [0, 0.05) is 28.2 Å². The fraction of sp³-hybridized carbons (Fsp3) is 0.238. The molecule has 2 atom stereocenters. The summed E-state index contributed by atoms with van der Waals surface area (Å²) in [6.45, 7) is 4.00. The molecule has 1 nitrogen and oxygen atoms in total. The summed E-state index contributed by atoms with van der Waals surface area (Å²) in [5.74, 6) is 1.50. The summed E-state index contributed by atoms with van der Waals surface area (Å²) in [5, 5.41) is 1.38. The minimum atomic E-state index is 0.725. The standard InChI is InChI=1S/C19H15N.C2H6/c1-2-6-14(7-3-1)20-18-9-5-4-8-15(18)16-11-10-13-12-17(13)19(16)20;1-2/h1-11,13,17H,12H2;1-2H3. The molecule has 2 unspecified atom stereocenters. The monoisotopic (exact) mass is 287 g/mol. The van der Waals surface area contributed by atoms with Crippen molar-refractivity contribution in [2.24, 2.45) is 5.92 Å². The highest BCUT2D eigenvalue weighted by Crippen LogP contribution is 2.55. The van der Waals surface area contributed by atoms with Crippen molar-refractivity contribution >= 4 is 17.0 Å². The summed E-state index contributed by atoms with van der Waals surface area (Å²) in [5.41, 5.74) is 5.57. The number of para-hydroxylation sites is 2. The van der Waals surface area contributed by atoms with Gasteiger partial charge in [-0.25, -0.2) is 0 Å². The van der Waals surface area contributed by atoms with Crippen molar-refractivity contribution in [3.63, 3.8) is 0 Å². The van der Waals surface area contributed by atoms with Gasteiger partial charge in [0.15, 0.2) is 0 Å². The van der Waals surface area contributed by atoms with Gasteiger partial charge in [-0.2, -0.15) is 0 Å². The van der Waals surface area contributed by atoms with Crippen LogP contribution in [-0.2, 0) is 0 Å². The Morgan fingerprint density at radius 3 is 2.45 bits per heavy atom. The van der Waals surface area contributed by atoms with Crippen molar-refractivity contribution in [1.82, 2.24) is 4.57 Å². The average molecular weight is 287 g/mol. The van der Waals surface area contributed by atoms with Crippen LogP contribution >= 0.6 is 0 Å². The van der Waals surface area contributed by atoms with Gasteiger partial charge in [-0.15, -0.1) is 0 Å². The van der Waals surface area contributed by atoms with Crippen molar-refractivity contribution in [2.75, 3.05) is 0 Å². The topological polar surface area (TPSA) is 4.93 Å². The van der Waals surface area contributed by atoms with Gasteiger partial charge in [-0.3, -0.25) is 0 Å². The number of fused-ring (bicyclic) bond motifs is 5. The lowest BCUT2D eigenvalue weighted by molar-refractivity contribution is 0.896. The van der Waals surface area contributed by atoms with Gasteiger partial charge in [-0.05, 0) is 30.5 Å². The first-order valence-electron chi connectivity index (χ1n) is 8.30. The third-order valence-electron chi connectivity index (χ3n) is 4.67. The molecule has 0 bridgehead atoms. The smallest absolute Gasteiger partial charge is 0.0537 e. The molecule has 2 aliphatic carbocycles. The van der Waals surface area contributed by atoms with E-state index in [0.29, 0.717) is 0 Å². The van der Waals surface area contributed by atoms with Gasteiger partial charge in [0.1, 0.15) is 0 Å². The molecule has 0 aliphatic heterocycles. The Bertz CT molecular complexity index is 839. The predicted molar refractivity (Wildman–Crippen MR) is 94.5 cm³/mol. The molecular formula is C21H21N. The van der Waals surface area contributed by atoms with E-state index in [0.717, 1.165) is 11.8 Å². The van der Waals surface area contributed by atoms with Crippen LogP contribution in [0.4, 0.5) is 0 Å². The van der Waals surface area contributed by atoms with Crippen molar-refractivity contribution in [3.8, 4) is 5.69 Å². The van der Waals surface area contributed by atoms with Crippen molar-refractivity contribution in [1.29, 1.82) is 0 Å². The summed E-state index contributed by atoms with van der Waals surface area (Å²) < 4.78 is 2.47. The SMILES string of the molecule is C1=CC2CC2c2c1c1ccccc1n2-c1ccccc1.CC. The summed E-state index contributed by atoms with van der Waals surface area (Å²) in [4.78, 5) is 0. The molecule has 110 valence electrons. The Morgan fingerprint density at radius 2 is 1.64 bits per heavy atom. The van der Waals surface area contributed by atoms with Gasteiger partial charge >= 0.3 is 0 Å². The molecule has 1 aromatic heterocycles. The summed E-state index contributed by atoms with van der Waals surface area (Å²) in [6, 6.07) is 19.5. The summed E-state index contributed by atoms with van der Waals surface area (Å²) in [7, 11) is 0. The first-order valence-corrected chi connectivity index (χ1v) is 8.30. The molecule has 5 rings (SSSR count). The quantitative estimate of drug-likeness (QED) is 0.534. The minimum Gasteiger partial charge on any atom is -0.313 e. The van der Waals surface area contributed by atoms with E-state index in [-0.39, 0.29) is 0 Å². The highest BCUT2D eigenvalue weighted by atomic mass is 15.0. The van der Waals surface area contributed by atoms with Crippen LogP contribution in [-0.4, -0.2) is 4.57 Å². The molecule has 2 aromatic carbocycles. The zero-order valence-corrected chi connectivity index (χ0v) is 13.2. The maximum Gasteiger partial charge on any atom is 0.0537 e. The van der Waals surface area contributed by atoms with Crippen LogP contribution in [0.3, 0.4) is 0 Å². The molecular weight excluding hydrogens is 266 g/mol. The van der Waals surface area contributed by atoms with Crippen molar-refractivity contribution in [3.05, 3.63) is 71.9 Å². The summed E-state index contributed by atoms with van der Waals surface area (Å²) >= 11 is 0. The van der Waals surface area contributed by atoms with Crippen LogP contribution in [0.5, 0.6) is 0 Å². The molecule has 22 heavy (non-hydrogen) atoms. The second-order valence-corrected chi connectivity index (χ2v) is 5.85. The third kappa shape index (κ3) is 1.85. The third-order valence-corrected chi connectivity index (χ3v) is 4.67. The summed E-state index contributed by atoms with van der Waals surface area (Å²) in [6.07, 6.45) is 6.05. The van der Waals surface area contributed by atoms with Crippen LogP contribution < -0.4 is 0 Å². The van der Waals surface area contributed by atoms with Gasteiger partial charge in [0.2, 0.25) is 0 Å². The number of benzene rings is 2. The second kappa shape index (κ2) is 5.17. The molecule has 3 aromatic rings. The van der Waals surface area contributed by atoms with E-state index in [2.05, 4.69) is 71.3 Å². The highest BCUT2D eigenvalue weighted by molar-refractivity contribution is 5.94. The molecule has 2 aliphatic rings. The predicted octanol–water partition coefficient (Wildman–Crippen LogP) is 5.79. The van der Waals surface area contributed by atoms with E-state index in [1.807, 2.05) is 13.8 Å². The first-order chi connectivity index (χ1) is 10.9. The van der Waals surface area contributed by atoms with Gasteiger partial charge in [0.05, 0.1) is 5.52 Å². The number of hydrogen-bond donors (Lipinski definition) is 0.